The monoisotopic (exact) mass is 266 g/mol. The molecule has 1 spiro atoms. The van der Waals surface area contributed by atoms with Crippen molar-refractivity contribution in [2.45, 2.75) is 32.0 Å². The Labute approximate surface area is 111 Å². The van der Waals surface area contributed by atoms with E-state index < -0.39 is 0 Å². The molecule has 2 aliphatic rings. The minimum Gasteiger partial charge on any atom is -0.364 e. The van der Waals surface area contributed by atoms with Gasteiger partial charge in [-0.3, -0.25) is 9.78 Å². The number of hydrogen-bond donors (Lipinski definition) is 0. The molecule has 0 bridgehead atoms. The van der Waals surface area contributed by atoms with Crippen molar-refractivity contribution in [2.75, 3.05) is 13.1 Å². The predicted molar refractivity (Wildman–Crippen MR) is 67.3 cm³/mol. The molecule has 0 aromatic carbocycles. The van der Waals surface area contributed by atoms with Crippen LogP contribution in [0, 0.1) is 6.92 Å². The molecule has 1 aromatic heterocycles. The van der Waals surface area contributed by atoms with E-state index in [1.54, 1.807) is 4.90 Å². The number of ether oxygens (including phenoxy) is 1. The summed E-state index contributed by atoms with van der Waals surface area (Å²) < 4.78 is 5.99. The van der Waals surface area contributed by atoms with E-state index in [1.165, 1.54) is 0 Å². The fourth-order valence-electron chi connectivity index (χ4n) is 2.78. The maximum Gasteiger partial charge on any atom is 0.209 e. The van der Waals surface area contributed by atoms with Crippen molar-refractivity contribution in [1.82, 2.24) is 9.88 Å². The Kier molecular flexibility index (Phi) is 2.79. The van der Waals surface area contributed by atoms with Gasteiger partial charge in [-0.1, -0.05) is 11.6 Å². The molecule has 5 heteroatoms. The Morgan fingerprint density at radius 2 is 2.22 bits per heavy atom. The van der Waals surface area contributed by atoms with Crippen LogP contribution in [0.1, 0.15) is 29.8 Å². The average molecular weight is 267 g/mol. The molecule has 1 amide bonds. The zero-order chi connectivity index (χ0) is 12.8. The summed E-state index contributed by atoms with van der Waals surface area (Å²) in [7, 11) is 0. The average Bonchev–Trinajstić information content (AvgIpc) is 2.70. The lowest BCUT2D eigenvalue weighted by Gasteiger charge is -2.37. The minimum absolute atomic E-state index is 0.301. The van der Waals surface area contributed by atoms with Gasteiger partial charge in [-0.05, 0) is 25.8 Å². The largest absolute Gasteiger partial charge is 0.364 e. The molecule has 4 nitrogen and oxygen atoms in total. The van der Waals surface area contributed by atoms with E-state index in [9.17, 15) is 4.79 Å². The second-order valence-corrected chi connectivity index (χ2v) is 5.39. The molecule has 2 aliphatic heterocycles. The third-order valence-electron chi connectivity index (χ3n) is 3.92. The number of aromatic nitrogens is 1. The van der Waals surface area contributed by atoms with E-state index >= 15 is 0 Å². The highest BCUT2D eigenvalue weighted by molar-refractivity contribution is 6.31. The van der Waals surface area contributed by atoms with Crippen molar-refractivity contribution in [2.24, 2.45) is 0 Å². The summed E-state index contributed by atoms with van der Waals surface area (Å²) in [5.74, 6) is 0. The lowest BCUT2D eigenvalue weighted by Crippen LogP contribution is -2.42. The van der Waals surface area contributed by atoms with E-state index in [0.717, 1.165) is 49.3 Å². The number of pyridine rings is 1. The maximum atomic E-state index is 10.8. The molecule has 18 heavy (non-hydrogen) atoms. The van der Waals surface area contributed by atoms with E-state index in [4.69, 9.17) is 16.3 Å². The van der Waals surface area contributed by atoms with Gasteiger partial charge in [0.05, 0.1) is 23.0 Å². The highest BCUT2D eigenvalue weighted by atomic mass is 35.5. The Morgan fingerprint density at radius 1 is 1.50 bits per heavy atom. The quantitative estimate of drug-likeness (QED) is 0.731. The van der Waals surface area contributed by atoms with Crippen molar-refractivity contribution < 1.29 is 9.53 Å². The molecule has 0 radical (unpaired) electrons. The van der Waals surface area contributed by atoms with Crippen LogP contribution in [0.15, 0.2) is 6.07 Å². The number of carbonyl (C=O) groups is 1. The van der Waals surface area contributed by atoms with Crippen molar-refractivity contribution in [3.05, 3.63) is 28.0 Å². The van der Waals surface area contributed by atoms with Crippen LogP contribution in [0.25, 0.3) is 0 Å². The number of likely N-dealkylation sites (tertiary alicyclic amines) is 1. The predicted octanol–water partition coefficient (Wildman–Crippen LogP) is 2.02. The van der Waals surface area contributed by atoms with Gasteiger partial charge in [0.2, 0.25) is 6.41 Å². The van der Waals surface area contributed by atoms with Gasteiger partial charge in [0.15, 0.2) is 0 Å². The third-order valence-corrected chi connectivity index (χ3v) is 4.30. The van der Waals surface area contributed by atoms with E-state index in [0.29, 0.717) is 11.6 Å². The SMILES string of the molecule is Cc1nc2c(cc1Cl)COC21CCN(C=O)CC1. The number of halogens is 1. The highest BCUT2D eigenvalue weighted by Gasteiger charge is 2.44. The van der Waals surface area contributed by atoms with Gasteiger partial charge < -0.3 is 9.64 Å². The fraction of sp³-hybridized carbons (Fsp3) is 0.538. The number of amides is 1. The number of hydrogen-bond acceptors (Lipinski definition) is 3. The van der Waals surface area contributed by atoms with Crippen LogP contribution in [-0.2, 0) is 21.7 Å². The van der Waals surface area contributed by atoms with Crippen molar-refractivity contribution in [3.63, 3.8) is 0 Å². The lowest BCUT2D eigenvalue weighted by molar-refractivity contribution is -0.126. The Balaban J connectivity index is 1.95. The molecular formula is C13H15ClN2O2. The normalized spacial score (nSPS) is 21.1. The molecule has 0 saturated carbocycles. The maximum absolute atomic E-state index is 10.8. The highest BCUT2D eigenvalue weighted by Crippen LogP contribution is 2.43. The molecule has 3 heterocycles. The number of nitrogens with zero attached hydrogens (tertiary/aromatic N) is 2. The second kappa shape index (κ2) is 4.21. The first-order valence-corrected chi connectivity index (χ1v) is 6.52. The second-order valence-electron chi connectivity index (χ2n) is 4.99. The number of fused-ring (bicyclic) bond motifs is 2. The van der Waals surface area contributed by atoms with E-state index in [1.807, 2.05) is 13.0 Å². The van der Waals surface area contributed by atoms with Crippen LogP contribution in [0.2, 0.25) is 5.02 Å². The van der Waals surface area contributed by atoms with Gasteiger partial charge >= 0.3 is 0 Å². The van der Waals surface area contributed by atoms with Gasteiger partial charge in [-0.15, -0.1) is 0 Å². The van der Waals surface area contributed by atoms with Gasteiger partial charge in [-0.2, -0.15) is 0 Å². The number of carbonyl (C=O) groups excluding carboxylic acids is 1. The van der Waals surface area contributed by atoms with Crippen molar-refractivity contribution >= 4 is 18.0 Å². The molecule has 0 atom stereocenters. The van der Waals surface area contributed by atoms with E-state index in [-0.39, 0.29) is 5.60 Å². The number of piperidine rings is 1. The smallest absolute Gasteiger partial charge is 0.209 e. The van der Waals surface area contributed by atoms with Crippen LogP contribution < -0.4 is 0 Å². The molecule has 96 valence electrons. The Morgan fingerprint density at radius 3 is 2.89 bits per heavy atom. The van der Waals surface area contributed by atoms with Crippen LogP contribution in [-0.4, -0.2) is 29.4 Å². The summed E-state index contributed by atoms with van der Waals surface area (Å²) in [5, 5.41) is 0.694. The zero-order valence-electron chi connectivity index (χ0n) is 10.3. The van der Waals surface area contributed by atoms with Gasteiger partial charge in [-0.25, -0.2) is 0 Å². The van der Waals surface area contributed by atoms with Crippen LogP contribution in [0.3, 0.4) is 0 Å². The summed E-state index contributed by atoms with van der Waals surface area (Å²) in [6, 6.07) is 1.96. The Bertz CT molecular complexity index is 496. The zero-order valence-corrected chi connectivity index (χ0v) is 11.0. The van der Waals surface area contributed by atoms with Crippen molar-refractivity contribution in [1.29, 1.82) is 0 Å². The van der Waals surface area contributed by atoms with E-state index in [2.05, 4.69) is 4.98 Å². The molecular weight excluding hydrogens is 252 g/mol. The molecule has 0 N–H and O–H groups in total. The van der Waals surface area contributed by atoms with Crippen molar-refractivity contribution in [3.8, 4) is 0 Å². The van der Waals surface area contributed by atoms with Gasteiger partial charge in [0, 0.05) is 18.7 Å². The number of aryl methyl sites for hydroxylation is 1. The van der Waals surface area contributed by atoms with Crippen LogP contribution >= 0.6 is 11.6 Å². The Hall–Kier alpha value is -1.13. The molecule has 1 saturated heterocycles. The summed E-state index contributed by atoms with van der Waals surface area (Å²) >= 11 is 6.09. The first-order chi connectivity index (χ1) is 8.64. The van der Waals surface area contributed by atoms with Crippen LogP contribution in [0.5, 0.6) is 0 Å². The first kappa shape index (κ1) is 11.9. The van der Waals surface area contributed by atoms with Gasteiger partial charge in [0.25, 0.3) is 0 Å². The number of rotatable bonds is 1. The topological polar surface area (TPSA) is 42.4 Å². The molecule has 0 unspecified atom stereocenters. The summed E-state index contributed by atoms with van der Waals surface area (Å²) in [6.45, 7) is 3.94. The summed E-state index contributed by atoms with van der Waals surface area (Å²) in [5.41, 5.74) is 2.66. The summed E-state index contributed by atoms with van der Waals surface area (Å²) in [4.78, 5) is 17.2. The van der Waals surface area contributed by atoms with Crippen LogP contribution in [0.4, 0.5) is 0 Å². The lowest BCUT2D eigenvalue weighted by atomic mass is 9.87. The first-order valence-electron chi connectivity index (χ1n) is 6.14. The van der Waals surface area contributed by atoms with Gasteiger partial charge in [0.1, 0.15) is 5.60 Å². The minimum atomic E-state index is -0.301. The molecule has 1 fully saturated rings. The molecule has 1 aromatic rings. The third kappa shape index (κ3) is 1.71. The molecule has 3 rings (SSSR count). The summed E-state index contributed by atoms with van der Waals surface area (Å²) in [6.07, 6.45) is 2.53. The fourth-order valence-corrected chi connectivity index (χ4v) is 2.95. The molecule has 0 aliphatic carbocycles. The standard InChI is InChI=1S/C13H15ClN2O2/c1-9-11(14)6-10-7-18-13(12(10)15-9)2-4-16(8-17)5-3-13/h6,8H,2-5,7H2,1H3.